The van der Waals surface area contributed by atoms with Gasteiger partial charge >= 0.3 is 0 Å². The first-order chi connectivity index (χ1) is 11.0. The molecule has 116 valence electrons. The Labute approximate surface area is 139 Å². The molecule has 0 aliphatic carbocycles. The van der Waals surface area contributed by atoms with Crippen LogP contribution in [0.3, 0.4) is 0 Å². The molecule has 2 aromatic rings. The summed E-state index contributed by atoms with van der Waals surface area (Å²) in [6.45, 7) is 3.96. The van der Waals surface area contributed by atoms with E-state index >= 15 is 0 Å². The number of nitrogens with zero attached hydrogens (tertiary/aromatic N) is 1. The van der Waals surface area contributed by atoms with Gasteiger partial charge in [-0.05, 0) is 60.9 Å². The SMILES string of the molecule is Cc1ccc(N2NC(=O)/C(=C\c3ccc(Cl)cc3)C2=O)cc1C. The molecule has 0 atom stereocenters. The molecule has 1 N–H and O–H groups in total. The number of hydrogen-bond donors (Lipinski definition) is 1. The summed E-state index contributed by atoms with van der Waals surface area (Å²) in [6, 6.07) is 12.6. The Kier molecular flexibility index (Phi) is 3.92. The maximum Gasteiger partial charge on any atom is 0.282 e. The van der Waals surface area contributed by atoms with Crippen molar-refractivity contribution in [3.8, 4) is 0 Å². The fourth-order valence-electron chi connectivity index (χ4n) is 2.33. The number of benzene rings is 2. The minimum absolute atomic E-state index is 0.102. The second-order valence-electron chi connectivity index (χ2n) is 5.46. The van der Waals surface area contributed by atoms with E-state index in [9.17, 15) is 9.59 Å². The van der Waals surface area contributed by atoms with Crippen LogP contribution in [0.4, 0.5) is 5.69 Å². The maximum absolute atomic E-state index is 12.5. The zero-order chi connectivity index (χ0) is 16.6. The van der Waals surface area contributed by atoms with Crippen LogP contribution in [-0.4, -0.2) is 11.8 Å². The highest BCUT2D eigenvalue weighted by molar-refractivity contribution is 6.32. The van der Waals surface area contributed by atoms with Crippen molar-refractivity contribution in [2.75, 3.05) is 5.01 Å². The van der Waals surface area contributed by atoms with Crippen LogP contribution < -0.4 is 10.4 Å². The standard InChI is InChI=1S/C18H15ClN2O2/c1-11-3-8-15(9-12(11)2)21-18(23)16(17(22)20-21)10-13-4-6-14(19)7-5-13/h3-10H,1-2H3,(H,20,22)/b16-10+. The Hall–Kier alpha value is -2.59. The largest absolute Gasteiger partial charge is 0.282 e. The summed E-state index contributed by atoms with van der Waals surface area (Å²) in [4.78, 5) is 24.7. The zero-order valence-electron chi connectivity index (χ0n) is 12.8. The number of halogens is 1. The van der Waals surface area contributed by atoms with Gasteiger partial charge in [-0.15, -0.1) is 0 Å². The van der Waals surface area contributed by atoms with E-state index in [-0.39, 0.29) is 11.5 Å². The number of carbonyl (C=O) groups excluding carboxylic acids is 2. The van der Waals surface area contributed by atoms with Gasteiger partial charge in [-0.2, -0.15) is 0 Å². The molecule has 0 unspecified atom stereocenters. The molecule has 1 heterocycles. The lowest BCUT2D eigenvalue weighted by Gasteiger charge is -2.15. The molecule has 2 amide bonds. The number of nitrogens with one attached hydrogen (secondary N) is 1. The molecule has 0 bridgehead atoms. The molecule has 5 heteroatoms. The molecule has 0 saturated carbocycles. The monoisotopic (exact) mass is 326 g/mol. The lowest BCUT2D eigenvalue weighted by atomic mass is 10.1. The van der Waals surface area contributed by atoms with Gasteiger partial charge in [0.2, 0.25) is 0 Å². The van der Waals surface area contributed by atoms with Gasteiger partial charge in [0.05, 0.1) is 5.69 Å². The third kappa shape index (κ3) is 2.98. The first-order valence-electron chi connectivity index (χ1n) is 7.15. The van der Waals surface area contributed by atoms with Crippen molar-refractivity contribution in [2.24, 2.45) is 0 Å². The van der Waals surface area contributed by atoms with E-state index in [0.29, 0.717) is 10.7 Å². The molecule has 3 rings (SSSR count). The second-order valence-corrected chi connectivity index (χ2v) is 5.90. The normalized spacial score (nSPS) is 16.1. The second kappa shape index (κ2) is 5.89. The van der Waals surface area contributed by atoms with Crippen LogP contribution in [0.15, 0.2) is 48.0 Å². The highest BCUT2D eigenvalue weighted by atomic mass is 35.5. The number of rotatable bonds is 2. The first kappa shape index (κ1) is 15.3. The Morgan fingerprint density at radius 2 is 1.70 bits per heavy atom. The third-order valence-electron chi connectivity index (χ3n) is 3.82. The zero-order valence-corrected chi connectivity index (χ0v) is 13.5. The summed E-state index contributed by atoms with van der Waals surface area (Å²) in [7, 11) is 0. The van der Waals surface area contributed by atoms with Gasteiger partial charge in [-0.1, -0.05) is 29.8 Å². The van der Waals surface area contributed by atoms with Gasteiger partial charge in [0.1, 0.15) is 5.57 Å². The number of hydrazine groups is 1. The van der Waals surface area contributed by atoms with Gasteiger partial charge < -0.3 is 0 Å². The lowest BCUT2D eigenvalue weighted by Crippen LogP contribution is -2.35. The van der Waals surface area contributed by atoms with E-state index in [1.165, 1.54) is 5.01 Å². The molecule has 0 radical (unpaired) electrons. The summed E-state index contributed by atoms with van der Waals surface area (Å²) in [6.07, 6.45) is 1.56. The van der Waals surface area contributed by atoms with Crippen molar-refractivity contribution >= 4 is 35.2 Å². The molecule has 1 aliphatic heterocycles. The van der Waals surface area contributed by atoms with Crippen LogP contribution in [0.25, 0.3) is 6.08 Å². The Morgan fingerprint density at radius 3 is 2.35 bits per heavy atom. The quantitative estimate of drug-likeness (QED) is 0.679. The summed E-state index contributed by atoms with van der Waals surface area (Å²) < 4.78 is 0. The Balaban J connectivity index is 1.93. The Bertz CT molecular complexity index is 825. The average molecular weight is 327 g/mol. The van der Waals surface area contributed by atoms with E-state index in [1.807, 2.05) is 32.0 Å². The predicted octanol–water partition coefficient (Wildman–Crippen LogP) is 3.42. The summed E-state index contributed by atoms with van der Waals surface area (Å²) in [5.41, 5.74) is 6.27. The van der Waals surface area contributed by atoms with Crippen molar-refractivity contribution in [2.45, 2.75) is 13.8 Å². The van der Waals surface area contributed by atoms with Crippen molar-refractivity contribution < 1.29 is 9.59 Å². The number of carbonyl (C=O) groups is 2. The summed E-state index contributed by atoms with van der Waals surface area (Å²) in [5, 5.41) is 1.88. The number of anilines is 1. The van der Waals surface area contributed by atoms with Crippen LogP contribution in [0.2, 0.25) is 5.02 Å². The van der Waals surface area contributed by atoms with Crippen molar-refractivity contribution in [3.05, 3.63) is 69.8 Å². The van der Waals surface area contributed by atoms with Gasteiger partial charge in [0.25, 0.3) is 11.8 Å². The topological polar surface area (TPSA) is 49.4 Å². The average Bonchev–Trinajstić information content (AvgIpc) is 2.80. The van der Waals surface area contributed by atoms with Gasteiger partial charge in [-0.25, -0.2) is 5.01 Å². The van der Waals surface area contributed by atoms with Crippen molar-refractivity contribution in [3.63, 3.8) is 0 Å². The molecule has 4 nitrogen and oxygen atoms in total. The number of amides is 2. The first-order valence-corrected chi connectivity index (χ1v) is 7.53. The molecule has 2 aromatic carbocycles. The van der Waals surface area contributed by atoms with Gasteiger partial charge in [0, 0.05) is 5.02 Å². The minimum atomic E-state index is -0.414. The number of hydrogen-bond acceptors (Lipinski definition) is 2. The molecule has 23 heavy (non-hydrogen) atoms. The van der Waals surface area contributed by atoms with Crippen LogP contribution in [0.1, 0.15) is 16.7 Å². The Morgan fingerprint density at radius 1 is 1.00 bits per heavy atom. The van der Waals surface area contributed by atoms with Crippen LogP contribution in [0, 0.1) is 13.8 Å². The molecule has 1 fully saturated rings. The molecular formula is C18H15ClN2O2. The van der Waals surface area contributed by atoms with Gasteiger partial charge in [0.15, 0.2) is 0 Å². The van der Waals surface area contributed by atoms with Crippen LogP contribution >= 0.6 is 11.6 Å². The fraction of sp³-hybridized carbons (Fsp3) is 0.111. The molecule has 1 saturated heterocycles. The summed E-state index contributed by atoms with van der Waals surface area (Å²) in [5.74, 6) is -0.781. The van der Waals surface area contributed by atoms with Crippen molar-refractivity contribution in [1.82, 2.24) is 5.43 Å². The lowest BCUT2D eigenvalue weighted by molar-refractivity contribution is -0.117. The van der Waals surface area contributed by atoms with E-state index < -0.39 is 5.91 Å². The summed E-state index contributed by atoms with van der Waals surface area (Å²) >= 11 is 5.84. The smallest absolute Gasteiger partial charge is 0.267 e. The highest BCUT2D eigenvalue weighted by Gasteiger charge is 2.34. The fourth-order valence-corrected chi connectivity index (χ4v) is 2.46. The maximum atomic E-state index is 12.5. The van der Waals surface area contributed by atoms with E-state index in [0.717, 1.165) is 16.7 Å². The molecule has 0 spiro atoms. The highest BCUT2D eigenvalue weighted by Crippen LogP contribution is 2.24. The van der Waals surface area contributed by atoms with Crippen LogP contribution in [-0.2, 0) is 9.59 Å². The predicted molar refractivity (Wildman–Crippen MR) is 91.0 cm³/mol. The van der Waals surface area contributed by atoms with Crippen LogP contribution in [0.5, 0.6) is 0 Å². The van der Waals surface area contributed by atoms with E-state index in [4.69, 9.17) is 11.6 Å². The third-order valence-corrected chi connectivity index (χ3v) is 4.07. The van der Waals surface area contributed by atoms with E-state index in [2.05, 4.69) is 5.43 Å². The van der Waals surface area contributed by atoms with Gasteiger partial charge in [-0.3, -0.25) is 15.0 Å². The minimum Gasteiger partial charge on any atom is -0.267 e. The number of aryl methyl sites for hydroxylation is 2. The molecule has 0 aromatic heterocycles. The molecule has 1 aliphatic rings. The van der Waals surface area contributed by atoms with E-state index in [1.54, 1.807) is 30.3 Å². The molecular weight excluding hydrogens is 312 g/mol. The van der Waals surface area contributed by atoms with Crippen molar-refractivity contribution in [1.29, 1.82) is 0 Å².